The molecule has 7 heteroatoms. The van der Waals surface area contributed by atoms with Crippen LogP contribution in [0.3, 0.4) is 0 Å². The summed E-state index contributed by atoms with van der Waals surface area (Å²) in [6.07, 6.45) is 6.96. The van der Waals surface area contributed by atoms with Gasteiger partial charge in [0.05, 0.1) is 7.11 Å². The number of nitrogens with zero attached hydrogens (tertiary/aromatic N) is 3. The Morgan fingerprint density at radius 1 is 1.35 bits per heavy atom. The largest absolute Gasteiger partial charge is 0.479 e. The summed E-state index contributed by atoms with van der Waals surface area (Å²) in [5.74, 6) is 1.67. The highest BCUT2D eigenvalue weighted by Crippen LogP contribution is 2.34. The number of hydrogen-bond donors (Lipinski definition) is 1. The van der Waals surface area contributed by atoms with Crippen LogP contribution in [0.4, 0.5) is 5.69 Å². The average Bonchev–Trinajstić information content (AvgIpc) is 2.47. The van der Waals surface area contributed by atoms with Crippen molar-refractivity contribution in [1.82, 2.24) is 9.97 Å². The molecular formula is C16H22N4O2S. The number of hydrogen-bond acceptors (Lipinski definition) is 6. The highest BCUT2D eigenvalue weighted by atomic mass is 32.2. The summed E-state index contributed by atoms with van der Waals surface area (Å²) in [6, 6.07) is 4.00. The van der Waals surface area contributed by atoms with Crippen LogP contribution >= 0.6 is 0 Å². The van der Waals surface area contributed by atoms with Gasteiger partial charge < -0.3 is 9.64 Å². The third-order valence-electron chi connectivity index (χ3n) is 4.24. The van der Waals surface area contributed by atoms with E-state index in [1.54, 1.807) is 19.5 Å². The van der Waals surface area contributed by atoms with E-state index >= 15 is 0 Å². The monoisotopic (exact) mass is 334 g/mol. The van der Waals surface area contributed by atoms with Crippen LogP contribution in [0.1, 0.15) is 12.8 Å². The molecule has 3 heterocycles. The predicted molar refractivity (Wildman–Crippen MR) is 92.7 cm³/mol. The van der Waals surface area contributed by atoms with Gasteiger partial charge in [-0.3, -0.25) is 14.0 Å². The van der Waals surface area contributed by atoms with Crippen molar-refractivity contribution < 1.29 is 8.95 Å². The van der Waals surface area contributed by atoms with Gasteiger partial charge in [-0.1, -0.05) is 0 Å². The number of anilines is 1. The Morgan fingerprint density at radius 2 is 2.09 bits per heavy atom. The van der Waals surface area contributed by atoms with Crippen molar-refractivity contribution in [2.24, 2.45) is 5.92 Å². The van der Waals surface area contributed by atoms with E-state index in [0.29, 0.717) is 17.6 Å². The van der Waals surface area contributed by atoms with Crippen LogP contribution in [0.2, 0.25) is 0 Å². The first-order valence-electron chi connectivity index (χ1n) is 7.72. The molecule has 1 aliphatic heterocycles. The van der Waals surface area contributed by atoms with E-state index in [2.05, 4.69) is 14.9 Å². The molecule has 2 aromatic heterocycles. The summed E-state index contributed by atoms with van der Waals surface area (Å²) >= 11 is 0. The SMILES string of the molecule is COc1nccc2c(N3CC(CCCS(C)(=N)=O)C3)ccnc12. The Bertz CT molecular complexity index is 801. The van der Waals surface area contributed by atoms with Gasteiger partial charge in [0.15, 0.2) is 0 Å². The normalized spacial score (nSPS) is 17.7. The van der Waals surface area contributed by atoms with Gasteiger partial charge in [0.25, 0.3) is 0 Å². The zero-order valence-electron chi connectivity index (χ0n) is 13.5. The number of fused-ring (bicyclic) bond motifs is 1. The van der Waals surface area contributed by atoms with E-state index in [1.165, 1.54) is 6.26 Å². The molecule has 1 aliphatic rings. The second-order valence-electron chi connectivity index (χ2n) is 6.17. The van der Waals surface area contributed by atoms with Crippen LogP contribution in [0, 0.1) is 10.7 Å². The predicted octanol–water partition coefficient (Wildman–Crippen LogP) is 2.53. The van der Waals surface area contributed by atoms with Gasteiger partial charge in [-0.05, 0) is 30.9 Å². The molecule has 1 saturated heterocycles. The van der Waals surface area contributed by atoms with E-state index in [4.69, 9.17) is 9.52 Å². The topological polar surface area (TPSA) is 79.2 Å². The third-order valence-corrected chi connectivity index (χ3v) is 5.31. The Labute approximate surface area is 136 Å². The number of methoxy groups -OCH3 is 1. The van der Waals surface area contributed by atoms with Gasteiger partial charge in [0.2, 0.25) is 5.88 Å². The Kier molecular flexibility index (Phi) is 4.39. The molecule has 1 fully saturated rings. The van der Waals surface area contributed by atoms with Crippen LogP contribution in [0.25, 0.3) is 10.9 Å². The van der Waals surface area contributed by atoms with E-state index < -0.39 is 9.73 Å². The van der Waals surface area contributed by atoms with Crippen molar-refractivity contribution in [3.05, 3.63) is 24.5 Å². The molecule has 0 saturated carbocycles. The second kappa shape index (κ2) is 6.31. The molecule has 0 aromatic carbocycles. The fourth-order valence-electron chi connectivity index (χ4n) is 3.06. The minimum absolute atomic E-state index is 0.505. The second-order valence-corrected chi connectivity index (χ2v) is 8.59. The van der Waals surface area contributed by atoms with Gasteiger partial charge in [-0.2, -0.15) is 0 Å². The van der Waals surface area contributed by atoms with Crippen molar-refractivity contribution in [3.63, 3.8) is 0 Å². The van der Waals surface area contributed by atoms with Gasteiger partial charge in [-0.25, -0.2) is 4.98 Å². The highest BCUT2D eigenvalue weighted by molar-refractivity contribution is 7.91. The number of aromatic nitrogens is 2. The van der Waals surface area contributed by atoms with E-state index in [-0.39, 0.29) is 0 Å². The lowest BCUT2D eigenvalue weighted by Crippen LogP contribution is -2.46. The van der Waals surface area contributed by atoms with Crippen LogP contribution in [0.5, 0.6) is 5.88 Å². The van der Waals surface area contributed by atoms with Crippen LogP contribution in [-0.2, 0) is 9.73 Å². The smallest absolute Gasteiger partial charge is 0.240 e. The maximum Gasteiger partial charge on any atom is 0.240 e. The molecule has 0 bridgehead atoms. The molecule has 23 heavy (non-hydrogen) atoms. The molecule has 6 nitrogen and oxygen atoms in total. The van der Waals surface area contributed by atoms with Crippen LogP contribution in [-0.4, -0.2) is 46.4 Å². The van der Waals surface area contributed by atoms with Gasteiger partial charge >= 0.3 is 0 Å². The van der Waals surface area contributed by atoms with Crippen molar-refractivity contribution in [2.75, 3.05) is 37.1 Å². The van der Waals surface area contributed by atoms with Crippen LogP contribution < -0.4 is 9.64 Å². The number of rotatable bonds is 6. The van der Waals surface area contributed by atoms with Crippen LogP contribution in [0.15, 0.2) is 24.5 Å². The number of pyridine rings is 2. The summed E-state index contributed by atoms with van der Waals surface area (Å²) < 4.78 is 24.1. The molecule has 2 aromatic rings. The quantitative estimate of drug-likeness (QED) is 0.878. The zero-order chi connectivity index (χ0) is 16.4. The van der Waals surface area contributed by atoms with Crippen molar-refractivity contribution in [3.8, 4) is 5.88 Å². The molecule has 124 valence electrons. The zero-order valence-corrected chi connectivity index (χ0v) is 14.3. The lowest BCUT2D eigenvalue weighted by molar-refractivity contribution is 0.382. The summed E-state index contributed by atoms with van der Waals surface area (Å²) in [6.45, 7) is 1.99. The molecule has 0 aliphatic carbocycles. The van der Waals surface area contributed by atoms with Gasteiger partial charge in [0.1, 0.15) is 5.52 Å². The first-order valence-corrected chi connectivity index (χ1v) is 9.85. The molecule has 0 amide bonds. The maximum absolute atomic E-state index is 11.4. The fraction of sp³-hybridized carbons (Fsp3) is 0.500. The lowest BCUT2D eigenvalue weighted by Gasteiger charge is -2.41. The van der Waals surface area contributed by atoms with Gasteiger partial charge in [0, 0.05) is 58.3 Å². The van der Waals surface area contributed by atoms with Gasteiger partial charge in [-0.15, -0.1) is 0 Å². The third kappa shape index (κ3) is 3.55. The van der Waals surface area contributed by atoms with Crippen molar-refractivity contribution in [1.29, 1.82) is 4.78 Å². The minimum atomic E-state index is -2.35. The minimum Gasteiger partial charge on any atom is -0.479 e. The van der Waals surface area contributed by atoms with E-state index in [0.717, 1.165) is 42.5 Å². The Balaban J connectivity index is 1.67. The molecule has 1 atom stereocenters. The first kappa shape index (κ1) is 16.0. The first-order chi connectivity index (χ1) is 11.0. The highest BCUT2D eigenvalue weighted by Gasteiger charge is 2.28. The average molecular weight is 334 g/mol. The summed E-state index contributed by atoms with van der Waals surface area (Å²) in [5.41, 5.74) is 1.95. The summed E-state index contributed by atoms with van der Waals surface area (Å²) in [5, 5.41) is 1.06. The molecular weight excluding hydrogens is 312 g/mol. The standard InChI is InChI=1S/C16H22N4O2S/c1-22-16-15-13(5-7-19-16)14(6-8-18-15)20-10-12(11-20)4-3-9-23(2,17)21/h5-8,12,17H,3-4,9-11H2,1-2H3. The molecule has 3 rings (SSSR count). The summed E-state index contributed by atoms with van der Waals surface area (Å²) in [7, 11) is -0.744. The molecule has 1 unspecified atom stereocenters. The molecule has 0 radical (unpaired) electrons. The van der Waals surface area contributed by atoms with E-state index in [1.807, 2.05) is 12.1 Å². The fourth-order valence-corrected chi connectivity index (χ4v) is 3.78. The Hall–Kier alpha value is -1.89. The van der Waals surface area contributed by atoms with Crippen molar-refractivity contribution in [2.45, 2.75) is 12.8 Å². The molecule has 0 spiro atoms. The number of nitrogens with one attached hydrogen (secondary N) is 1. The Morgan fingerprint density at radius 3 is 2.78 bits per heavy atom. The molecule has 1 N–H and O–H groups in total. The van der Waals surface area contributed by atoms with Crippen molar-refractivity contribution >= 4 is 26.3 Å². The number of ether oxygens (including phenoxy) is 1. The maximum atomic E-state index is 11.4. The lowest BCUT2D eigenvalue weighted by atomic mass is 9.94. The van der Waals surface area contributed by atoms with E-state index in [9.17, 15) is 4.21 Å². The summed E-state index contributed by atoms with van der Waals surface area (Å²) in [4.78, 5) is 10.9.